The first-order chi connectivity index (χ1) is 15.2. The van der Waals surface area contributed by atoms with E-state index in [4.69, 9.17) is 4.74 Å². The van der Waals surface area contributed by atoms with E-state index in [0.717, 1.165) is 16.5 Å². The molecule has 0 saturated heterocycles. The number of fused-ring (bicyclic) bond motifs is 1. The minimum atomic E-state index is -0.372. The maximum absolute atomic E-state index is 12.9. The van der Waals surface area contributed by atoms with Gasteiger partial charge in [-0.3, -0.25) is 4.79 Å². The number of para-hydroxylation sites is 1. The number of hydrogen-bond donors (Lipinski definition) is 2. The summed E-state index contributed by atoms with van der Waals surface area (Å²) in [4.78, 5) is 12.9. The predicted molar refractivity (Wildman–Crippen MR) is 123 cm³/mol. The van der Waals surface area contributed by atoms with Gasteiger partial charge in [0.25, 0.3) is 5.91 Å². The molecule has 0 aliphatic carbocycles. The Morgan fingerprint density at radius 1 is 0.806 bits per heavy atom. The summed E-state index contributed by atoms with van der Waals surface area (Å²) in [6.45, 7) is 0.226. The van der Waals surface area contributed by atoms with Gasteiger partial charge in [-0.05, 0) is 46.5 Å². The summed E-state index contributed by atoms with van der Waals surface area (Å²) in [6, 6.07) is 31.0. The zero-order valence-corrected chi connectivity index (χ0v) is 17.2. The van der Waals surface area contributed by atoms with Crippen LogP contribution < -0.4 is 10.1 Å². The SMILES string of the molecule is O=C(NC(CO)Cc1ccccc1)c1ccccc1OCc1ccc2ccccc2c1. The molecule has 0 bridgehead atoms. The van der Waals surface area contributed by atoms with E-state index in [1.54, 1.807) is 12.1 Å². The zero-order chi connectivity index (χ0) is 21.5. The van der Waals surface area contributed by atoms with Crippen LogP contribution in [0.5, 0.6) is 5.75 Å². The molecule has 0 saturated carbocycles. The molecule has 156 valence electrons. The molecular weight excluding hydrogens is 386 g/mol. The molecule has 0 aromatic heterocycles. The molecule has 4 rings (SSSR count). The van der Waals surface area contributed by atoms with E-state index < -0.39 is 0 Å². The molecule has 0 heterocycles. The minimum Gasteiger partial charge on any atom is -0.488 e. The van der Waals surface area contributed by atoms with Gasteiger partial charge in [0.15, 0.2) is 0 Å². The van der Waals surface area contributed by atoms with Crippen LogP contribution in [0.2, 0.25) is 0 Å². The number of carbonyl (C=O) groups is 1. The third-order valence-electron chi connectivity index (χ3n) is 5.22. The fourth-order valence-corrected chi connectivity index (χ4v) is 3.59. The standard InChI is InChI=1S/C27H25NO3/c29-18-24(17-20-8-2-1-3-9-20)28-27(30)25-12-6-7-13-26(25)31-19-21-14-15-22-10-4-5-11-23(22)16-21/h1-16,24,29H,17-19H2,(H,28,30). The zero-order valence-electron chi connectivity index (χ0n) is 17.2. The molecule has 4 aromatic rings. The molecule has 0 radical (unpaired) electrons. The van der Waals surface area contributed by atoms with Crippen molar-refractivity contribution in [2.45, 2.75) is 19.1 Å². The van der Waals surface area contributed by atoms with Crippen LogP contribution in [0, 0.1) is 0 Å². The second-order valence-corrected chi connectivity index (χ2v) is 7.51. The molecule has 4 heteroatoms. The Labute approximate surface area is 182 Å². The van der Waals surface area contributed by atoms with Gasteiger partial charge in [-0.1, -0.05) is 78.9 Å². The molecule has 1 atom stereocenters. The van der Waals surface area contributed by atoms with Crippen LogP contribution in [0.3, 0.4) is 0 Å². The second-order valence-electron chi connectivity index (χ2n) is 7.51. The Kier molecular flexibility index (Phi) is 6.60. The Hall–Kier alpha value is -3.63. The first-order valence-corrected chi connectivity index (χ1v) is 10.4. The highest BCUT2D eigenvalue weighted by atomic mass is 16.5. The lowest BCUT2D eigenvalue weighted by Gasteiger charge is -2.18. The van der Waals surface area contributed by atoms with Crippen LogP contribution in [-0.4, -0.2) is 23.7 Å². The molecule has 31 heavy (non-hydrogen) atoms. The lowest BCUT2D eigenvalue weighted by molar-refractivity contribution is 0.0912. The molecule has 0 aliphatic heterocycles. The highest BCUT2D eigenvalue weighted by Crippen LogP contribution is 2.21. The fourth-order valence-electron chi connectivity index (χ4n) is 3.59. The van der Waals surface area contributed by atoms with E-state index in [0.29, 0.717) is 24.3 Å². The molecule has 1 amide bonds. The Morgan fingerprint density at radius 3 is 2.32 bits per heavy atom. The van der Waals surface area contributed by atoms with E-state index in [2.05, 4.69) is 29.6 Å². The molecule has 4 aromatic carbocycles. The maximum Gasteiger partial charge on any atom is 0.255 e. The van der Waals surface area contributed by atoms with Crippen molar-refractivity contribution in [1.82, 2.24) is 5.32 Å². The van der Waals surface area contributed by atoms with Gasteiger partial charge < -0.3 is 15.2 Å². The van der Waals surface area contributed by atoms with Crippen molar-refractivity contribution < 1.29 is 14.6 Å². The molecule has 0 fully saturated rings. The summed E-state index contributed by atoms with van der Waals surface area (Å²) in [5.41, 5.74) is 2.55. The van der Waals surface area contributed by atoms with Crippen molar-refractivity contribution in [2.75, 3.05) is 6.61 Å². The quantitative estimate of drug-likeness (QED) is 0.440. The second kappa shape index (κ2) is 9.92. The van der Waals surface area contributed by atoms with Crippen LogP contribution >= 0.6 is 0 Å². The smallest absolute Gasteiger partial charge is 0.255 e. The maximum atomic E-state index is 12.9. The van der Waals surface area contributed by atoms with Gasteiger partial charge in [0.1, 0.15) is 12.4 Å². The number of aliphatic hydroxyl groups excluding tert-OH is 1. The molecule has 0 aliphatic rings. The van der Waals surface area contributed by atoms with Crippen molar-refractivity contribution in [2.24, 2.45) is 0 Å². The van der Waals surface area contributed by atoms with Crippen molar-refractivity contribution in [3.8, 4) is 5.75 Å². The Bertz CT molecular complexity index is 1160. The molecule has 2 N–H and O–H groups in total. The van der Waals surface area contributed by atoms with Crippen molar-refractivity contribution >= 4 is 16.7 Å². The fraction of sp³-hybridized carbons (Fsp3) is 0.148. The number of nitrogens with one attached hydrogen (secondary N) is 1. The van der Waals surface area contributed by atoms with E-state index in [9.17, 15) is 9.90 Å². The van der Waals surface area contributed by atoms with Crippen LogP contribution in [-0.2, 0) is 13.0 Å². The first kappa shape index (κ1) is 20.6. The lowest BCUT2D eigenvalue weighted by atomic mass is 10.1. The molecule has 1 unspecified atom stereocenters. The summed E-state index contributed by atoms with van der Waals surface area (Å²) in [5, 5.41) is 15.0. The van der Waals surface area contributed by atoms with Crippen LogP contribution in [0.15, 0.2) is 97.1 Å². The Balaban J connectivity index is 1.44. The average Bonchev–Trinajstić information content (AvgIpc) is 2.83. The number of aliphatic hydroxyl groups is 1. The van der Waals surface area contributed by atoms with Crippen LogP contribution in [0.1, 0.15) is 21.5 Å². The summed E-state index contributed by atoms with van der Waals surface area (Å²) in [5.74, 6) is 0.258. The number of hydrogen-bond acceptors (Lipinski definition) is 3. The number of benzene rings is 4. The van der Waals surface area contributed by atoms with Crippen molar-refractivity contribution in [1.29, 1.82) is 0 Å². The predicted octanol–water partition coefficient (Wildman–Crippen LogP) is 4.75. The van der Waals surface area contributed by atoms with Gasteiger partial charge in [0.05, 0.1) is 18.2 Å². The van der Waals surface area contributed by atoms with Gasteiger partial charge in [-0.25, -0.2) is 0 Å². The van der Waals surface area contributed by atoms with Gasteiger partial charge >= 0.3 is 0 Å². The van der Waals surface area contributed by atoms with Crippen LogP contribution in [0.4, 0.5) is 0 Å². The van der Waals surface area contributed by atoms with Gasteiger partial charge in [0, 0.05) is 0 Å². The van der Waals surface area contributed by atoms with E-state index in [-0.39, 0.29) is 18.6 Å². The van der Waals surface area contributed by atoms with E-state index in [1.165, 1.54) is 5.39 Å². The topological polar surface area (TPSA) is 58.6 Å². The van der Waals surface area contributed by atoms with E-state index in [1.807, 2.05) is 60.7 Å². The number of carbonyl (C=O) groups excluding carboxylic acids is 1. The summed E-state index contributed by atoms with van der Waals surface area (Å²) < 4.78 is 6.00. The number of rotatable bonds is 8. The highest BCUT2D eigenvalue weighted by molar-refractivity contribution is 5.97. The molecule has 0 spiro atoms. The van der Waals surface area contributed by atoms with Crippen molar-refractivity contribution in [3.05, 3.63) is 114 Å². The highest BCUT2D eigenvalue weighted by Gasteiger charge is 2.17. The monoisotopic (exact) mass is 411 g/mol. The Morgan fingerprint density at radius 2 is 1.52 bits per heavy atom. The molecule has 4 nitrogen and oxygen atoms in total. The molecular formula is C27H25NO3. The average molecular weight is 412 g/mol. The summed E-state index contributed by atoms with van der Waals surface area (Å²) >= 11 is 0. The number of ether oxygens (including phenoxy) is 1. The first-order valence-electron chi connectivity index (χ1n) is 10.4. The summed E-state index contributed by atoms with van der Waals surface area (Å²) in [6.07, 6.45) is 0.559. The largest absolute Gasteiger partial charge is 0.488 e. The third kappa shape index (κ3) is 5.30. The van der Waals surface area contributed by atoms with Crippen molar-refractivity contribution in [3.63, 3.8) is 0 Å². The van der Waals surface area contributed by atoms with Gasteiger partial charge in [-0.2, -0.15) is 0 Å². The van der Waals surface area contributed by atoms with Gasteiger partial charge in [-0.15, -0.1) is 0 Å². The van der Waals surface area contributed by atoms with Gasteiger partial charge in [0.2, 0.25) is 0 Å². The third-order valence-corrected chi connectivity index (χ3v) is 5.22. The van der Waals surface area contributed by atoms with Crippen LogP contribution in [0.25, 0.3) is 10.8 Å². The minimum absolute atomic E-state index is 0.138. The normalized spacial score (nSPS) is 11.8. The number of amides is 1. The summed E-state index contributed by atoms with van der Waals surface area (Å²) in [7, 11) is 0. The lowest BCUT2D eigenvalue weighted by Crippen LogP contribution is -2.39. The van der Waals surface area contributed by atoms with E-state index >= 15 is 0 Å².